The molecule has 2 aromatic rings. The normalized spacial score (nSPS) is 15.8. The van der Waals surface area contributed by atoms with Gasteiger partial charge in [0.2, 0.25) is 0 Å². The van der Waals surface area contributed by atoms with Crippen molar-refractivity contribution in [1.82, 2.24) is 9.88 Å². The molecule has 0 saturated heterocycles. The van der Waals surface area contributed by atoms with Crippen molar-refractivity contribution in [2.24, 2.45) is 0 Å². The molecule has 0 bridgehead atoms. The molecule has 0 radical (unpaired) electrons. The topological polar surface area (TPSA) is 118 Å². The third-order valence-electron chi connectivity index (χ3n) is 3.69. The summed E-state index contributed by atoms with van der Waals surface area (Å²) in [6.45, 7) is 1.02. The van der Waals surface area contributed by atoms with E-state index in [2.05, 4.69) is 0 Å². The number of hydrogen-bond donors (Lipinski definition) is 3. The molecule has 1 unspecified atom stereocenters. The molecule has 2 heterocycles. The lowest BCUT2D eigenvalue weighted by molar-refractivity contribution is -0.135. The summed E-state index contributed by atoms with van der Waals surface area (Å²) in [5.74, 6) is -3.86. The van der Waals surface area contributed by atoms with Crippen LogP contribution in [-0.2, 0) is 11.3 Å². The van der Waals surface area contributed by atoms with Gasteiger partial charge in [0.15, 0.2) is 0 Å². The van der Waals surface area contributed by atoms with E-state index in [1.165, 1.54) is 6.07 Å². The van der Waals surface area contributed by atoms with Gasteiger partial charge in [-0.2, -0.15) is 0 Å². The largest absolute Gasteiger partial charge is 0.506 e. The Morgan fingerprint density at radius 1 is 1.46 bits per heavy atom. The lowest BCUT2D eigenvalue weighted by Gasteiger charge is -2.26. The molecule has 0 spiro atoms. The number of pyridine rings is 1. The van der Waals surface area contributed by atoms with Gasteiger partial charge in [-0.1, -0.05) is 0 Å². The van der Waals surface area contributed by atoms with Crippen LogP contribution in [0.1, 0.15) is 17.3 Å². The van der Waals surface area contributed by atoms with Gasteiger partial charge >= 0.3 is 5.97 Å². The van der Waals surface area contributed by atoms with Crippen LogP contribution >= 0.6 is 0 Å². The lowest BCUT2D eigenvalue weighted by atomic mass is 10.1. The van der Waals surface area contributed by atoms with Crippen LogP contribution < -0.4 is 15.6 Å². The van der Waals surface area contributed by atoms with Crippen LogP contribution in [0.4, 0.5) is 4.39 Å². The van der Waals surface area contributed by atoms with E-state index in [4.69, 9.17) is 9.84 Å². The van der Waals surface area contributed by atoms with Gasteiger partial charge in [0.05, 0.1) is 11.9 Å². The van der Waals surface area contributed by atoms with Crippen molar-refractivity contribution in [3.8, 4) is 11.5 Å². The molecular weight excluding hydrogens is 323 g/mol. The van der Waals surface area contributed by atoms with Crippen molar-refractivity contribution in [2.75, 3.05) is 6.54 Å². The number of carboxylic acids is 1. The summed E-state index contributed by atoms with van der Waals surface area (Å²) in [6, 6.07) is 2.40. The van der Waals surface area contributed by atoms with E-state index in [1.54, 1.807) is 6.92 Å². The van der Waals surface area contributed by atoms with Crippen LogP contribution in [-0.4, -0.2) is 39.3 Å². The van der Waals surface area contributed by atoms with Crippen molar-refractivity contribution in [3.63, 3.8) is 0 Å². The minimum Gasteiger partial charge on any atom is -0.506 e. The summed E-state index contributed by atoms with van der Waals surface area (Å²) >= 11 is 0. The van der Waals surface area contributed by atoms with E-state index in [1.807, 2.05) is 5.32 Å². The number of aliphatic carboxylic acids is 1. The number of halogens is 1. The van der Waals surface area contributed by atoms with E-state index in [0.717, 1.165) is 10.6 Å². The van der Waals surface area contributed by atoms with Crippen LogP contribution in [0.15, 0.2) is 16.9 Å². The molecule has 1 aliphatic rings. The number of aromatic nitrogens is 1. The second-order valence-corrected chi connectivity index (χ2v) is 5.41. The van der Waals surface area contributed by atoms with Crippen molar-refractivity contribution < 1.29 is 28.9 Å². The highest BCUT2D eigenvalue weighted by molar-refractivity contribution is 6.04. The lowest BCUT2D eigenvalue weighted by Crippen LogP contribution is -2.39. The number of nitrogens with one attached hydrogen (secondary N) is 1. The first-order valence-corrected chi connectivity index (χ1v) is 7.06. The Hall–Kier alpha value is -3.10. The molecule has 3 rings (SSSR count). The van der Waals surface area contributed by atoms with Crippen LogP contribution in [0.5, 0.6) is 11.5 Å². The Balaban J connectivity index is 2.30. The van der Waals surface area contributed by atoms with Gasteiger partial charge in [0, 0.05) is 0 Å². The molecule has 3 N–H and O–H groups in total. The third kappa shape index (κ3) is 2.34. The molecule has 1 aromatic heterocycles. The zero-order valence-electron chi connectivity index (χ0n) is 12.5. The van der Waals surface area contributed by atoms with Crippen molar-refractivity contribution in [3.05, 3.63) is 33.9 Å². The molecule has 24 heavy (non-hydrogen) atoms. The number of nitrogens with zero attached hydrogens (tertiary/aromatic N) is 1. The number of ether oxygens (including phenoxy) is 1. The van der Waals surface area contributed by atoms with E-state index in [-0.39, 0.29) is 23.2 Å². The maximum absolute atomic E-state index is 14.2. The number of benzene rings is 1. The van der Waals surface area contributed by atoms with Crippen molar-refractivity contribution in [1.29, 1.82) is 0 Å². The van der Waals surface area contributed by atoms with Crippen LogP contribution in [0.25, 0.3) is 10.9 Å². The highest BCUT2D eigenvalue weighted by Crippen LogP contribution is 2.37. The number of hydrogen-bond acceptors (Lipinski definition) is 5. The van der Waals surface area contributed by atoms with E-state index < -0.39 is 47.2 Å². The van der Waals surface area contributed by atoms with E-state index in [0.29, 0.717) is 0 Å². The second kappa shape index (κ2) is 5.52. The Bertz CT molecular complexity index is 936. The summed E-state index contributed by atoms with van der Waals surface area (Å²) in [5, 5.41) is 20.5. The van der Waals surface area contributed by atoms with Gasteiger partial charge in [-0.25, -0.2) is 4.39 Å². The van der Waals surface area contributed by atoms with E-state index in [9.17, 15) is 23.9 Å². The van der Waals surface area contributed by atoms with Crippen LogP contribution in [0, 0.1) is 5.82 Å². The Morgan fingerprint density at radius 3 is 2.83 bits per heavy atom. The summed E-state index contributed by atoms with van der Waals surface area (Å²) in [6.07, 6.45) is -0.400. The maximum Gasteiger partial charge on any atom is 0.322 e. The molecule has 1 aromatic carbocycles. The van der Waals surface area contributed by atoms with Gasteiger partial charge in [0.1, 0.15) is 41.0 Å². The average Bonchev–Trinajstić information content (AvgIpc) is 2.51. The van der Waals surface area contributed by atoms with Crippen molar-refractivity contribution in [2.45, 2.75) is 19.6 Å². The third-order valence-corrected chi connectivity index (χ3v) is 3.69. The van der Waals surface area contributed by atoms with Crippen LogP contribution in [0.3, 0.4) is 0 Å². The molecule has 1 aliphatic heterocycles. The SMILES string of the molecule is CC1Cn2c(=O)c(C(=O)NCC(=O)O)c(O)c3c(F)ccc(c32)O1. The number of carbonyl (C=O) groups excluding carboxylic acids is 1. The zero-order chi connectivity index (χ0) is 17.6. The molecule has 0 aliphatic carbocycles. The smallest absolute Gasteiger partial charge is 0.322 e. The summed E-state index contributed by atoms with van der Waals surface area (Å²) in [5.41, 5.74) is -1.48. The standard InChI is InChI=1S/C15H13FN2O6/c1-6-5-18-12-8(24-6)3-2-7(16)10(12)13(21)11(15(18)23)14(22)17-4-9(19)20/h2-3,6,21H,4-5H2,1H3,(H,17,22)(H,19,20). The van der Waals surface area contributed by atoms with Crippen LogP contribution in [0.2, 0.25) is 0 Å². The number of rotatable bonds is 3. The number of aromatic hydroxyl groups is 1. The molecule has 1 atom stereocenters. The summed E-state index contributed by atoms with van der Waals surface area (Å²) in [7, 11) is 0. The van der Waals surface area contributed by atoms with Gasteiger partial charge < -0.3 is 24.8 Å². The summed E-state index contributed by atoms with van der Waals surface area (Å²) < 4.78 is 20.9. The molecule has 0 fully saturated rings. The fourth-order valence-corrected chi connectivity index (χ4v) is 2.73. The Labute approximate surface area is 134 Å². The Kier molecular flexibility index (Phi) is 3.63. The quantitative estimate of drug-likeness (QED) is 0.749. The summed E-state index contributed by atoms with van der Waals surface area (Å²) in [4.78, 5) is 35.2. The second-order valence-electron chi connectivity index (χ2n) is 5.41. The molecule has 9 heteroatoms. The number of carbonyl (C=O) groups is 2. The minimum atomic E-state index is -1.32. The predicted molar refractivity (Wildman–Crippen MR) is 79.9 cm³/mol. The molecule has 8 nitrogen and oxygen atoms in total. The molecule has 126 valence electrons. The van der Waals surface area contributed by atoms with E-state index >= 15 is 0 Å². The number of carboxylic acid groups (broad SMARTS) is 1. The van der Waals surface area contributed by atoms with Gasteiger partial charge in [0.25, 0.3) is 11.5 Å². The first kappa shape index (κ1) is 15.8. The molecular formula is C15H13FN2O6. The van der Waals surface area contributed by atoms with Crippen molar-refractivity contribution >= 4 is 22.8 Å². The maximum atomic E-state index is 14.2. The molecule has 0 saturated carbocycles. The average molecular weight is 336 g/mol. The Morgan fingerprint density at radius 2 is 2.17 bits per heavy atom. The zero-order valence-corrected chi connectivity index (χ0v) is 12.5. The predicted octanol–water partition coefficient (Wildman–Crippen LogP) is 0.442. The van der Waals surface area contributed by atoms with Gasteiger partial charge in [-0.3, -0.25) is 14.4 Å². The fourth-order valence-electron chi connectivity index (χ4n) is 2.73. The first-order valence-electron chi connectivity index (χ1n) is 7.06. The molecule has 1 amide bonds. The fraction of sp³-hybridized carbons (Fsp3) is 0.267. The van der Waals surface area contributed by atoms with Gasteiger partial charge in [-0.05, 0) is 19.1 Å². The highest BCUT2D eigenvalue weighted by Gasteiger charge is 2.29. The first-order chi connectivity index (χ1) is 11.3. The monoisotopic (exact) mass is 336 g/mol. The van der Waals surface area contributed by atoms with Gasteiger partial charge in [-0.15, -0.1) is 0 Å². The minimum absolute atomic E-state index is 0.0605. The highest BCUT2D eigenvalue weighted by atomic mass is 19.1. The number of amides is 1.